The first-order valence-corrected chi connectivity index (χ1v) is 6.63. The first kappa shape index (κ1) is 14.5. The van der Waals surface area contributed by atoms with Gasteiger partial charge in [0.15, 0.2) is 0 Å². The number of amides is 1. The predicted octanol–water partition coefficient (Wildman–Crippen LogP) is 0.816. The molecule has 1 aliphatic rings. The van der Waals surface area contributed by atoms with Gasteiger partial charge in [-0.3, -0.25) is 4.79 Å². The quantitative estimate of drug-likeness (QED) is 0.766. The zero-order valence-electron chi connectivity index (χ0n) is 11.6. The van der Waals surface area contributed by atoms with E-state index in [0.717, 1.165) is 19.3 Å². The Morgan fingerprint density at radius 1 is 1.47 bits per heavy atom. The van der Waals surface area contributed by atoms with Gasteiger partial charge in [0.25, 0.3) is 0 Å². The molecule has 4 atom stereocenters. The van der Waals surface area contributed by atoms with Crippen LogP contribution in [0.25, 0.3) is 0 Å². The first-order valence-electron chi connectivity index (χ1n) is 6.63. The molecule has 1 aliphatic carbocycles. The number of rotatable bonds is 4. The van der Waals surface area contributed by atoms with Gasteiger partial charge < -0.3 is 16.0 Å². The lowest BCUT2D eigenvalue weighted by Crippen LogP contribution is -2.49. The molecule has 0 aromatic carbocycles. The Morgan fingerprint density at radius 2 is 2.12 bits per heavy atom. The van der Waals surface area contributed by atoms with Gasteiger partial charge in [0.1, 0.15) is 0 Å². The molecular formula is C13H27N3O. The third kappa shape index (κ3) is 3.96. The fourth-order valence-corrected chi connectivity index (χ4v) is 2.31. The normalized spacial score (nSPS) is 31.3. The second-order valence-corrected chi connectivity index (χ2v) is 5.65. The minimum absolute atomic E-state index is 0.00751. The molecule has 3 N–H and O–H groups in total. The zero-order chi connectivity index (χ0) is 13.0. The maximum atomic E-state index is 12.1. The van der Waals surface area contributed by atoms with Crippen LogP contribution in [-0.2, 0) is 4.79 Å². The van der Waals surface area contributed by atoms with Crippen molar-refractivity contribution in [3.8, 4) is 0 Å². The van der Waals surface area contributed by atoms with E-state index < -0.39 is 0 Å². The molecule has 0 aliphatic heterocycles. The minimum atomic E-state index is 0.00751. The molecule has 4 unspecified atom stereocenters. The van der Waals surface area contributed by atoms with Crippen LogP contribution in [0.3, 0.4) is 0 Å². The highest BCUT2D eigenvalue weighted by Crippen LogP contribution is 2.27. The number of carbonyl (C=O) groups is 1. The molecule has 0 aromatic rings. The average Bonchev–Trinajstić information content (AvgIpc) is 2.29. The second-order valence-electron chi connectivity index (χ2n) is 5.65. The van der Waals surface area contributed by atoms with Crippen LogP contribution in [0, 0.1) is 11.8 Å². The van der Waals surface area contributed by atoms with E-state index in [-0.39, 0.29) is 17.9 Å². The van der Waals surface area contributed by atoms with Crippen LogP contribution in [0.1, 0.15) is 33.1 Å². The van der Waals surface area contributed by atoms with Crippen molar-refractivity contribution in [3.05, 3.63) is 0 Å². The molecule has 1 amide bonds. The molecule has 0 heterocycles. The minimum Gasteiger partial charge on any atom is -0.354 e. The molecule has 0 radical (unpaired) electrons. The summed E-state index contributed by atoms with van der Waals surface area (Å²) in [4.78, 5) is 14.2. The number of carbonyl (C=O) groups excluding carboxylic acids is 1. The Morgan fingerprint density at radius 3 is 2.71 bits per heavy atom. The topological polar surface area (TPSA) is 58.4 Å². The van der Waals surface area contributed by atoms with E-state index in [1.54, 1.807) is 0 Å². The van der Waals surface area contributed by atoms with Crippen molar-refractivity contribution in [3.63, 3.8) is 0 Å². The fraction of sp³-hybridized carbons (Fsp3) is 0.923. The van der Waals surface area contributed by atoms with Gasteiger partial charge in [0.2, 0.25) is 5.91 Å². The van der Waals surface area contributed by atoms with Crippen molar-refractivity contribution in [2.24, 2.45) is 17.6 Å². The fourth-order valence-electron chi connectivity index (χ4n) is 2.31. The van der Waals surface area contributed by atoms with Crippen molar-refractivity contribution < 1.29 is 4.79 Å². The van der Waals surface area contributed by atoms with Gasteiger partial charge in [0.05, 0.1) is 5.92 Å². The van der Waals surface area contributed by atoms with Gasteiger partial charge in [-0.1, -0.05) is 13.3 Å². The Balaban J connectivity index is 2.41. The maximum Gasteiger partial charge on any atom is 0.224 e. The number of nitrogens with two attached hydrogens (primary N) is 1. The highest BCUT2D eigenvalue weighted by atomic mass is 16.1. The molecular weight excluding hydrogens is 214 g/mol. The van der Waals surface area contributed by atoms with Crippen molar-refractivity contribution in [2.45, 2.75) is 45.2 Å². The Kier molecular flexibility index (Phi) is 5.40. The van der Waals surface area contributed by atoms with E-state index in [4.69, 9.17) is 5.73 Å². The number of hydrogen-bond acceptors (Lipinski definition) is 3. The molecule has 0 aromatic heterocycles. The Labute approximate surface area is 105 Å². The first-order chi connectivity index (χ1) is 7.93. The summed E-state index contributed by atoms with van der Waals surface area (Å²) in [5.74, 6) is 0.608. The lowest BCUT2D eigenvalue weighted by atomic mass is 9.78. The molecule has 1 rings (SSSR count). The van der Waals surface area contributed by atoms with Crippen molar-refractivity contribution >= 4 is 5.91 Å². The van der Waals surface area contributed by atoms with Gasteiger partial charge in [-0.15, -0.1) is 0 Å². The van der Waals surface area contributed by atoms with E-state index in [0.29, 0.717) is 18.5 Å². The summed E-state index contributed by atoms with van der Waals surface area (Å²) < 4.78 is 0. The summed E-state index contributed by atoms with van der Waals surface area (Å²) >= 11 is 0. The van der Waals surface area contributed by atoms with Crippen LogP contribution >= 0.6 is 0 Å². The third-order valence-corrected chi connectivity index (χ3v) is 4.09. The molecule has 1 fully saturated rings. The Bertz CT molecular complexity index is 255. The number of hydrogen-bond donors (Lipinski definition) is 2. The van der Waals surface area contributed by atoms with Gasteiger partial charge in [-0.25, -0.2) is 0 Å². The highest BCUT2D eigenvalue weighted by molar-refractivity contribution is 5.79. The summed E-state index contributed by atoms with van der Waals surface area (Å²) in [7, 11) is 4.04. The van der Waals surface area contributed by atoms with Crippen LogP contribution in [0.5, 0.6) is 0 Å². The number of nitrogens with zero attached hydrogens (tertiary/aromatic N) is 1. The molecule has 0 spiro atoms. The summed E-state index contributed by atoms with van der Waals surface area (Å²) in [6, 6.07) is 0.384. The van der Waals surface area contributed by atoms with E-state index in [9.17, 15) is 4.79 Å². The lowest BCUT2D eigenvalue weighted by Gasteiger charge is -2.33. The molecule has 100 valence electrons. The van der Waals surface area contributed by atoms with Crippen LogP contribution in [0.15, 0.2) is 0 Å². The van der Waals surface area contributed by atoms with Gasteiger partial charge >= 0.3 is 0 Å². The van der Waals surface area contributed by atoms with Crippen LogP contribution < -0.4 is 11.1 Å². The van der Waals surface area contributed by atoms with Crippen LogP contribution in [0.4, 0.5) is 0 Å². The lowest BCUT2D eigenvalue weighted by molar-refractivity contribution is -0.127. The largest absolute Gasteiger partial charge is 0.354 e. The molecule has 0 saturated heterocycles. The third-order valence-electron chi connectivity index (χ3n) is 4.09. The molecule has 17 heavy (non-hydrogen) atoms. The molecule has 4 heteroatoms. The van der Waals surface area contributed by atoms with Crippen LogP contribution in [-0.4, -0.2) is 43.5 Å². The van der Waals surface area contributed by atoms with Crippen molar-refractivity contribution in [1.29, 1.82) is 0 Å². The summed E-state index contributed by atoms with van der Waals surface area (Å²) in [6.45, 7) is 4.94. The van der Waals surface area contributed by atoms with E-state index in [1.807, 2.05) is 14.1 Å². The summed E-state index contributed by atoms with van der Waals surface area (Å²) in [5.41, 5.74) is 6.12. The summed E-state index contributed by atoms with van der Waals surface area (Å²) in [6.07, 6.45) is 3.21. The number of nitrogens with one attached hydrogen (secondary N) is 1. The van der Waals surface area contributed by atoms with Crippen molar-refractivity contribution in [1.82, 2.24) is 10.2 Å². The van der Waals surface area contributed by atoms with E-state index in [2.05, 4.69) is 24.1 Å². The standard InChI is InChI=1S/C13H27N3O/c1-9-6-5-7-11(12(9)14)13(17)15-8-10(2)16(3)4/h9-12H,5-8,14H2,1-4H3,(H,15,17). The molecule has 4 nitrogen and oxygen atoms in total. The van der Waals surface area contributed by atoms with Crippen molar-refractivity contribution in [2.75, 3.05) is 20.6 Å². The summed E-state index contributed by atoms with van der Waals surface area (Å²) in [5, 5.41) is 3.02. The molecule has 1 saturated carbocycles. The SMILES string of the molecule is CC1CCCC(C(=O)NCC(C)N(C)C)C1N. The smallest absolute Gasteiger partial charge is 0.224 e. The van der Waals surface area contributed by atoms with E-state index in [1.165, 1.54) is 0 Å². The van der Waals surface area contributed by atoms with Crippen LogP contribution in [0.2, 0.25) is 0 Å². The maximum absolute atomic E-state index is 12.1. The predicted molar refractivity (Wildman–Crippen MR) is 70.6 cm³/mol. The monoisotopic (exact) mass is 241 g/mol. The average molecular weight is 241 g/mol. The highest BCUT2D eigenvalue weighted by Gasteiger charge is 2.32. The Hall–Kier alpha value is -0.610. The number of likely N-dealkylation sites (N-methyl/N-ethyl adjacent to an activating group) is 1. The van der Waals surface area contributed by atoms with Gasteiger partial charge in [-0.05, 0) is 39.8 Å². The van der Waals surface area contributed by atoms with Gasteiger partial charge in [0, 0.05) is 18.6 Å². The second kappa shape index (κ2) is 6.36. The van der Waals surface area contributed by atoms with E-state index >= 15 is 0 Å². The zero-order valence-corrected chi connectivity index (χ0v) is 11.6. The molecule has 0 bridgehead atoms. The van der Waals surface area contributed by atoms with Gasteiger partial charge in [-0.2, -0.15) is 0 Å².